The van der Waals surface area contributed by atoms with E-state index in [1.54, 1.807) is 0 Å². The topological polar surface area (TPSA) is 12.4 Å². The molecule has 0 aliphatic rings. The van der Waals surface area contributed by atoms with Crippen LogP contribution in [0, 0.1) is 20.8 Å². The van der Waals surface area contributed by atoms with Crippen molar-refractivity contribution in [2.24, 2.45) is 4.99 Å². The molecule has 2 rings (SSSR count). The van der Waals surface area contributed by atoms with E-state index >= 15 is 0 Å². The molecule has 2 aromatic rings. The molecule has 0 amide bonds. The maximum Gasteiger partial charge on any atom is 0.416 e. The van der Waals surface area contributed by atoms with Crippen LogP contribution in [0.25, 0.3) is 0 Å². The van der Waals surface area contributed by atoms with Crippen molar-refractivity contribution in [1.29, 1.82) is 0 Å². The van der Waals surface area contributed by atoms with Crippen LogP contribution in [0.4, 0.5) is 18.9 Å². The summed E-state index contributed by atoms with van der Waals surface area (Å²) in [4.78, 5) is 4.36. The van der Waals surface area contributed by atoms with E-state index in [2.05, 4.69) is 4.99 Å². The second-order valence-electron chi connectivity index (χ2n) is 5.23. The summed E-state index contributed by atoms with van der Waals surface area (Å²) >= 11 is 6.16. The molecule has 0 aliphatic heterocycles. The van der Waals surface area contributed by atoms with Gasteiger partial charge in [0.25, 0.3) is 0 Å². The summed E-state index contributed by atoms with van der Waals surface area (Å²) in [6.45, 7) is 5.84. The zero-order chi connectivity index (χ0) is 16.5. The van der Waals surface area contributed by atoms with Crippen LogP contribution in [0.2, 0.25) is 0 Å². The van der Waals surface area contributed by atoms with Gasteiger partial charge >= 0.3 is 6.18 Å². The van der Waals surface area contributed by atoms with Crippen LogP contribution in [-0.4, -0.2) is 5.17 Å². The molecule has 0 aromatic heterocycles. The van der Waals surface area contributed by atoms with E-state index in [1.165, 1.54) is 12.1 Å². The van der Waals surface area contributed by atoms with Gasteiger partial charge in [0.2, 0.25) is 0 Å². The molecule has 116 valence electrons. The van der Waals surface area contributed by atoms with Crippen molar-refractivity contribution in [3.63, 3.8) is 0 Å². The van der Waals surface area contributed by atoms with Crippen LogP contribution in [-0.2, 0) is 6.18 Å². The lowest BCUT2D eigenvalue weighted by atomic mass is 10.1. The molecule has 22 heavy (non-hydrogen) atoms. The van der Waals surface area contributed by atoms with Gasteiger partial charge in [0, 0.05) is 5.56 Å². The van der Waals surface area contributed by atoms with Crippen molar-refractivity contribution >= 4 is 22.5 Å². The Morgan fingerprint density at radius 3 is 1.91 bits per heavy atom. The molecule has 0 spiro atoms. The maximum absolute atomic E-state index is 12.5. The third-order valence-electron chi connectivity index (χ3n) is 3.30. The molecule has 0 radical (unpaired) electrons. The molecule has 0 aliphatic carbocycles. The van der Waals surface area contributed by atoms with Gasteiger partial charge in [0.15, 0.2) is 0 Å². The second kappa shape index (κ2) is 6.13. The molecule has 5 heteroatoms. The standard InChI is InChI=1S/C17H15ClF3N/c1-10-8-11(2)15(12(3)9-10)22-16(18)13-4-6-14(7-5-13)17(19,20)21/h4-9H,1-3H3. The Morgan fingerprint density at radius 1 is 0.955 bits per heavy atom. The molecule has 0 fully saturated rings. The van der Waals surface area contributed by atoms with Crippen molar-refractivity contribution < 1.29 is 13.2 Å². The molecule has 0 heterocycles. The lowest BCUT2D eigenvalue weighted by Crippen LogP contribution is -2.05. The molecule has 2 aromatic carbocycles. The van der Waals surface area contributed by atoms with Crippen molar-refractivity contribution in [3.8, 4) is 0 Å². The number of aliphatic imine (C=N–C) groups is 1. The number of rotatable bonds is 2. The minimum absolute atomic E-state index is 0.170. The summed E-state index contributed by atoms with van der Waals surface area (Å²) in [5.41, 5.74) is 3.57. The number of benzene rings is 2. The smallest absolute Gasteiger partial charge is 0.236 e. The van der Waals surface area contributed by atoms with Crippen LogP contribution in [0.5, 0.6) is 0 Å². The van der Waals surface area contributed by atoms with Gasteiger partial charge in [-0.25, -0.2) is 4.99 Å². The van der Waals surface area contributed by atoms with Crippen molar-refractivity contribution in [2.75, 3.05) is 0 Å². The molecular formula is C17H15ClF3N. The zero-order valence-electron chi connectivity index (χ0n) is 12.4. The normalized spacial score (nSPS) is 12.6. The number of alkyl halides is 3. The van der Waals surface area contributed by atoms with Crippen LogP contribution in [0.3, 0.4) is 0 Å². The number of hydrogen-bond donors (Lipinski definition) is 0. The molecule has 0 bridgehead atoms. The van der Waals surface area contributed by atoms with Crippen molar-refractivity contribution in [3.05, 3.63) is 64.2 Å². The maximum atomic E-state index is 12.5. The minimum Gasteiger partial charge on any atom is -0.236 e. The Kier molecular flexibility index (Phi) is 4.61. The summed E-state index contributed by atoms with van der Waals surface area (Å²) in [5.74, 6) is 0. The highest BCUT2D eigenvalue weighted by molar-refractivity contribution is 6.69. The lowest BCUT2D eigenvalue weighted by Gasteiger charge is -2.09. The fraction of sp³-hybridized carbons (Fsp3) is 0.235. The average molecular weight is 326 g/mol. The Bertz CT molecular complexity index is 693. The van der Waals surface area contributed by atoms with Crippen LogP contribution < -0.4 is 0 Å². The van der Waals surface area contributed by atoms with E-state index < -0.39 is 11.7 Å². The van der Waals surface area contributed by atoms with Gasteiger partial charge in [-0.1, -0.05) is 41.4 Å². The molecule has 0 unspecified atom stereocenters. The molecule has 0 saturated heterocycles. The first-order valence-electron chi connectivity index (χ1n) is 6.68. The number of aryl methyl sites for hydroxylation is 3. The first kappa shape index (κ1) is 16.6. The highest BCUT2D eigenvalue weighted by atomic mass is 35.5. The number of nitrogens with zero attached hydrogens (tertiary/aromatic N) is 1. The van der Waals surface area contributed by atoms with Gasteiger partial charge in [-0.05, 0) is 44.0 Å². The third-order valence-corrected chi connectivity index (χ3v) is 3.60. The van der Waals surface area contributed by atoms with Gasteiger partial charge < -0.3 is 0 Å². The quantitative estimate of drug-likeness (QED) is 0.605. The van der Waals surface area contributed by atoms with Gasteiger partial charge in [0.1, 0.15) is 5.17 Å². The van der Waals surface area contributed by atoms with Crippen molar-refractivity contribution in [2.45, 2.75) is 26.9 Å². The number of halogens is 4. The SMILES string of the molecule is Cc1cc(C)c(N=C(Cl)c2ccc(C(F)(F)F)cc2)c(C)c1. The van der Waals surface area contributed by atoms with Crippen LogP contribution in [0.1, 0.15) is 27.8 Å². The molecule has 1 nitrogen and oxygen atoms in total. The first-order valence-corrected chi connectivity index (χ1v) is 7.06. The molecule has 0 saturated carbocycles. The Balaban J connectivity index is 2.38. The van der Waals surface area contributed by atoms with Crippen LogP contribution >= 0.6 is 11.6 Å². The largest absolute Gasteiger partial charge is 0.416 e. The fourth-order valence-electron chi connectivity index (χ4n) is 2.31. The van der Waals surface area contributed by atoms with Crippen LogP contribution in [0.15, 0.2) is 41.4 Å². The summed E-state index contributed by atoms with van der Waals surface area (Å²) in [5, 5.41) is 0.170. The summed E-state index contributed by atoms with van der Waals surface area (Å²) in [7, 11) is 0. The zero-order valence-corrected chi connectivity index (χ0v) is 13.2. The van der Waals surface area contributed by atoms with E-state index in [-0.39, 0.29) is 5.17 Å². The Labute approximate surface area is 132 Å². The van der Waals surface area contributed by atoms with Gasteiger partial charge in [-0.15, -0.1) is 0 Å². The monoisotopic (exact) mass is 325 g/mol. The summed E-state index contributed by atoms with van der Waals surface area (Å²) < 4.78 is 37.6. The van der Waals surface area contributed by atoms with E-state index in [9.17, 15) is 13.2 Å². The molecule has 0 atom stereocenters. The minimum atomic E-state index is -4.35. The third kappa shape index (κ3) is 3.69. The van der Waals surface area contributed by atoms with E-state index in [0.717, 1.165) is 34.5 Å². The predicted octanol–water partition coefficient (Wildman–Crippen LogP) is 5.95. The van der Waals surface area contributed by atoms with Gasteiger partial charge in [0.05, 0.1) is 11.3 Å². The Morgan fingerprint density at radius 2 is 1.45 bits per heavy atom. The van der Waals surface area contributed by atoms with Crippen molar-refractivity contribution in [1.82, 2.24) is 0 Å². The van der Waals surface area contributed by atoms with E-state index in [4.69, 9.17) is 11.6 Å². The second-order valence-corrected chi connectivity index (χ2v) is 5.58. The summed E-state index contributed by atoms with van der Waals surface area (Å²) in [6.07, 6.45) is -4.35. The van der Waals surface area contributed by atoms with Gasteiger partial charge in [-0.3, -0.25) is 0 Å². The van der Waals surface area contributed by atoms with E-state index in [0.29, 0.717) is 5.56 Å². The molecule has 0 N–H and O–H groups in total. The fourth-order valence-corrected chi connectivity index (χ4v) is 2.52. The Hall–Kier alpha value is -1.81. The van der Waals surface area contributed by atoms with Gasteiger partial charge in [-0.2, -0.15) is 13.2 Å². The summed E-state index contributed by atoms with van der Waals surface area (Å²) in [6, 6.07) is 8.64. The predicted molar refractivity (Wildman–Crippen MR) is 84.1 cm³/mol. The lowest BCUT2D eigenvalue weighted by molar-refractivity contribution is -0.137. The molecular weight excluding hydrogens is 311 g/mol. The highest BCUT2D eigenvalue weighted by Gasteiger charge is 2.30. The first-order chi connectivity index (χ1) is 10.2. The number of hydrogen-bond acceptors (Lipinski definition) is 1. The highest BCUT2D eigenvalue weighted by Crippen LogP contribution is 2.30. The van der Waals surface area contributed by atoms with E-state index in [1.807, 2.05) is 32.9 Å². The average Bonchev–Trinajstić information content (AvgIpc) is 2.41.